The lowest BCUT2D eigenvalue weighted by molar-refractivity contribution is 0.816. The standard InChI is InChI=1S/C17H16BrN3/c1-19-10-13-3-2-4-16(9-13)21-12-20-11-17(21)14-5-7-15(18)8-6-14/h2-9,11-12,19H,10H2,1H3. The van der Waals surface area contributed by atoms with Crippen LogP contribution in [0.4, 0.5) is 0 Å². The summed E-state index contributed by atoms with van der Waals surface area (Å²) in [5, 5.41) is 3.18. The quantitative estimate of drug-likeness (QED) is 0.776. The van der Waals surface area contributed by atoms with Crippen molar-refractivity contribution in [2.24, 2.45) is 0 Å². The monoisotopic (exact) mass is 341 g/mol. The molecule has 3 aromatic rings. The fourth-order valence-electron chi connectivity index (χ4n) is 2.36. The number of halogens is 1. The molecule has 1 heterocycles. The second-order valence-electron chi connectivity index (χ2n) is 4.86. The van der Waals surface area contributed by atoms with E-state index in [0.717, 1.165) is 28.0 Å². The highest BCUT2D eigenvalue weighted by atomic mass is 79.9. The van der Waals surface area contributed by atoms with Gasteiger partial charge < -0.3 is 5.32 Å². The Balaban J connectivity index is 2.02. The normalized spacial score (nSPS) is 10.8. The van der Waals surface area contributed by atoms with Crippen molar-refractivity contribution >= 4 is 15.9 Å². The number of nitrogens with zero attached hydrogens (tertiary/aromatic N) is 2. The number of benzene rings is 2. The van der Waals surface area contributed by atoms with Crippen LogP contribution in [-0.4, -0.2) is 16.6 Å². The van der Waals surface area contributed by atoms with E-state index in [4.69, 9.17) is 0 Å². The van der Waals surface area contributed by atoms with E-state index in [9.17, 15) is 0 Å². The van der Waals surface area contributed by atoms with Gasteiger partial charge in [-0.2, -0.15) is 0 Å². The van der Waals surface area contributed by atoms with E-state index in [1.165, 1.54) is 5.56 Å². The maximum Gasteiger partial charge on any atom is 0.0997 e. The van der Waals surface area contributed by atoms with Gasteiger partial charge in [-0.1, -0.05) is 40.2 Å². The van der Waals surface area contributed by atoms with Crippen molar-refractivity contribution < 1.29 is 0 Å². The third kappa shape index (κ3) is 3.06. The summed E-state index contributed by atoms with van der Waals surface area (Å²) < 4.78 is 3.19. The molecule has 21 heavy (non-hydrogen) atoms. The Bertz CT molecular complexity index is 732. The summed E-state index contributed by atoms with van der Waals surface area (Å²) >= 11 is 3.47. The fourth-order valence-corrected chi connectivity index (χ4v) is 2.62. The lowest BCUT2D eigenvalue weighted by Crippen LogP contribution is -2.05. The number of hydrogen-bond donors (Lipinski definition) is 1. The number of rotatable bonds is 4. The third-order valence-electron chi connectivity index (χ3n) is 3.35. The summed E-state index contributed by atoms with van der Waals surface area (Å²) in [5.74, 6) is 0. The van der Waals surface area contributed by atoms with Crippen molar-refractivity contribution in [1.29, 1.82) is 0 Å². The van der Waals surface area contributed by atoms with E-state index in [-0.39, 0.29) is 0 Å². The minimum Gasteiger partial charge on any atom is -0.316 e. The van der Waals surface area contributed by atoms with Gasteiger partial charge in [-0.05, 0) is 36.9 Å². The van der Waals surface area contributed by atoms with Crippen molar-refractivity contribution in [2.45, 2.75) is 6.54 Å². The molecule has 0 radical (unpaired) electrons. The smallest absolute Gasteiger partial charge is 0.0997 e. The van der Waals surface area contributed by atoms with Gasteiger partial charge in [0.1, 0.15) is 0 Å². The molecule has 0 fully saturated rings. The van der Waals surface area contributed by atoms with Crippen LogP contribution in [0.15, 0.2) is 65.5 Å². The van der Waals surface area contributed by atoms with Gasteiger partial charge in [0.25, 0.3) is 0 Å². The minimum atomic E-state index is 0.857. The van der Waals surface area contributed by atoms with E-state index >= 15 is 0 Å². The molecular formula is C17H16BrN3. The molecule has 0 aliphatic rings. The van der Waals surface area contributed by atoms with Gasteiger partial charge in [0.15, 0.2) is 0 Å². The summed E-state index contributed by atoms with van der Waals surface area (Å²) in [5.41, 5.74) is 4.61. The lowest BCUT2D eigenvalue weighted by atomic mass is 10.1. The molecule has 2 aromatic carbocycles. The summed E-state index contributed by atoms with van der Waals surface area (Å²) in [6.07, 6.45) is 3.75. The van der Waals surface area contributed by atoms with E-state index < -0.39 is 0 Å². The molecule has 106 valence electrons. The molecule has 0 bridgehead atoms. The Morgan fingerprint density at radius 3 is 2.71 bits per heavy atom. The summed E-state index contributed by atoms with van der Waals surface area (Å²) in [6, 6.07) is 16.8. The zero-order valence-electron chi connectivity index (χ0n) is 11.8. The Morgan fingerprint density at radius 1 is 1.14 bits per heavy atom. The molecule has 0 amide bonds. The highest BCUT2D eigenvalue weighted by molar-refractivity contribution is 9.10. The average molecular weight is 342 g/mol. The van der Waals surface area contributed by atoms with Gasteiger partial charge in [0.05, 0.1) is 18.2 Å². The highest BCUT2D eigenvalue weighted by Crippen LogP contribution is 2.24. The fraction of sp³-hybridized carbons (Fsp3) is 0.118. The maximum absolute atomic E-state index is 4.31. The van der Waals surface area contributed by atoms with E-state index in [1.54, 1.807) is 0 Å². The molecule has 1 aromatic heterocycles. The number of hydrogen-bond acceptors (Lipinski definition) is 2. The third-order valence-corrected chi connectivity index (χ3v) is 3.88. The predicted molar refractivity (Wildman–Crippen MR) is 89.5 cm³/mol. The van der Waals surface area contributed by atoms with Crippen molar-refractivity contribution in [2.75, 3.05) is 7.05 Å². The van der Waals surface area contributed by atoms with Crippen molar-refractivity contribution in [3.05, 3.63) is 71.1 Å². The molecule has 0 atom stereocenters. The first-order valence-electron chi connectivity index (χ1n) is 6.80. The Hall–Kier alpha value is -1.91. The lowest BCUT2D eigenvalue weighted by Gasteiger charge is -2.10. The van der Waals surface area contributed by atoms with Crippen molar-refractivity contribution in [3.63, 3.8) is 0 Å². The van der Waals surface area contributed by atoms with Gasteiger partial charge in [0, 0.05) is 22.3 Å². The second-order valence-corrected chi connectivity index (χ2v) is 5.77. The Morgan fingerprint density at radius 2 is 1.95 bits per heavy atom. The van der Waals surface area contributed by atoms with Crippen LogP contribution < -0.4 is 5.32 Å². The van der Waals surface area contributed by atoms with Crippen LogP contribution >= 0.6 is 15.9 Å². The van der Waals surface area contributed by atoms with Gasteiger partial charge in [-0.3, -0.25) is 4.57 Å². The Labute approximate surface area is 132 Å². The topological polar surface area (TPSA) is 29.9 Å². The van der Waals surface area contributed by atoms with Gasteiger partial charge >= 0.3 is 0 Å². The molecule has 0 saturated heterocycles. The van der Waals surface area contributed by atoms with Crippen molar-refractivity contribution in [3.8, 4) is 16.9 Å². The number of imidazole rings is 1. The Kier molecular flexibility index (Phi) is 4.18. The molecular weight excluding hydrogens is 326 g/mol. The molecule has 0 aliphatic carbocycles. The molecule has 0 saturated carbocycles. The van der Waals surface area contributed by atoms with Crippen molar-refractivity contribution in [1.82, 2.24) is 14.9 Å². The van der Waals surface area contributed by atoms with Crippen LogP contribution in [-0.2, 0) is 6.54 Å². The van der Waals surface area contributed by atoms with Crippen LogP contribution in [0, 0.1) is 0 Å². The second kappa shape index (κ2) is 6.24. The van der Waals surface area contributed by atoms with E-state index in [0.29, 0.717) is 0 Å². The zero-order chi connectivity index (χ0) is 14.7. The first-order chi connectivity index (χ1) is 10.3. The van der Waals surface area contributed by atoms with Gasteiger partial charge in [0.2, 0.25) is 0 Å². The predicted octanol–water partition coefficient (Wildman–Crippen LogP) is 4.02. The number of aromatic nitrogens is 2. The minimum absolute atomic E-state index is 0.857. The van der Waals surface area contributed by atoms with Gasteiger partial charge in [-0.15, -0.1) is 0 Å². The SMILES string of the molecule is CNCc1cccc(-n2cncc2-c2ccc(Br)cc2)c1. The summed E-state index contributed by atoms with van der Waals surface area (Å²) in [4.78, 5) is 4.31. The number of nitrogens with one attached hydrogen (secondary N) is 1. The molecule has 3 nitrogen and oxygen atoms in total. The van der Waals surface area contributed by atoms with Crippen LogP contribution in [0.1, 0.15) is 5.56 Å². The first-order valence-corrected chi connectivity index (χ1v) is 7.59. The average Bonchev–Trinajstić information content (AvgIpc) is 2.98. The summed E-state index contributed by atoms with van der Waals surface area (Å²) in [7, 11) is 1.96. The molecule has 1 N–H and O–H groups in total. The van der Waals surface area contributed by atoms with Gasteiger partial charge in [-0.25, -0.2) is 4.98 Å². The molecule has 0 aliphatic heterocycles. The van der Waals surface area contributed by atoms with Crippen LogP contribution in [0.25, 0.3) is 16.9 Å². The van der Waals surface area contributed by atoms with Crippen LogP contribution in [0.5, 0.6) is 0 Å². The van der Waals surface area contributed by atoms with Crippen LogP contribution in [0.3, 0.4) is 0 Å². The van der Waals surface area contributed by atoms with Crippen LogP contribution in [0.2, 0.25) is 0 Å². The molecule has 0 spiro atoms. The largest absolute Gasteiger partial charge is 0.316 e. The highest BCUT2D eigenvalue weighted by Gasteiger charge is 2.07. The molecule has 3 rings (SSSR count). The molecule has 4 heteroatoms. The van der Waals surface area contributed by atoms with E-state index in [2.05, 4.69) is 67.2 Å². The maximum atomic E-state index is 4.31. The summed E-state index contributed by atoms with van der Waals surface area (Å²) in [6.45, 7) is 0.857. The van der Waals surface area contributed by atoms with E-state index in [1.807, 2.05) is 31.7 Å². The zero-order valence-corrected chi connectivity index (χ0v) is 13.3. The molecule has 0 unspecified atom stereocenters. The first kappa shape index (κ1) is 14.0.